The van der Waals surface area contributed by atoms with Crippen LogP contribution in [0.2, 0.25) is 0 Å². The molecule has 0 heterocycles. The fourth-order valence-electron chi connectivity index (χ4n) is 1.54. The molecule has 0 radical (unpaired) electrons. The fraction of sp³-hybridized carbons (Fsp3) is 0.500. The third-order valence-corrected chi connectivity index (χ3v) is 2.52. The summed E-state index contributed by atoms with van der Waals surface area (Å²) in [4.78, 5) is 11.7. The van der Waals surface area contributed by atoms with E-state index in [0.29, 0.717) is 5.56 Å². The molecule has 0 saturated heterocycles. The molecule has 0 saturated carbocycles. The number of ether oxygens (including phenoxy) is 1. The minimum absolute atomic E-state index is 0.0325. The molecule has 0 bridgehead atoms. The molecule has 21 heavy (non-hydrogen) atoms. The molecular weight excluding hydrogens is 285 g/mol. The van der Waals surface area contributed by atoms with E-state index in [9.17, 15) is 18.0 Å². The molecule has 1 aromatic rings. The van der Waals surface area contributed by atoms with Gasteiger partial charge in [-0.05, 0) is 30.7 Å². The van der Waals surface area contributed by atoms with Crippen LogP contribution in [0.3, 0.4) is 0 Å². The standard InChI is InChI=1S/C14H19F3N2O2/c1-2-7-18-12-5-3-11(4-6-12)13(20)19-8-9-21-10-14(15,16)17/h3-6,18H,2,7-10H2,1H3,(H,19,20). The zero-order chi connectivity index (χ0) is 15.7. The molecule has 7 heteroatoms. The summed E-state index contributed by atoms with van der Waals surface area (Å²) in [5, 5.41) is 5.67. The molecule has 0 aliphatic heterocycles. The monoisotopic (exact) mass is 304 g/mol. The largest absolute Gasteiger partial charge is 0.411 e. The smallest absolute Gasteiger partial charge is 0.385 e. The highest BCUT2D eigenvalue weighted by Crippen LogP contribution is 2.14. The van der Waals surface area contributed by atoms with Crippen molar-refractivity contribution in [1.82, 2.24) is 5.32 Å². The van der Waals surface area contributed by atoms with Crippen LogP contribution in [0, 0.1) is 0 Å². The van der Waals surface area contributed by atoms with Crippen LogP contribution in [0.1, 0.15) is 23.7 Å². The fourth-order valence-corrected chi connectivity index (χ4v) is 1.54. The second-order valence-corrected chi connectivity index (χ2v) is 4.43. The minimum Gasteiger partial charge on any atom is -0.385 e. The maximum absolute atomic E-state index is 11.8. The summed E-state index contributed by atoms with van der Waals surface area (Å²) in [5.41, 5.74) is 1.37. The molecule has 4 nitrogen and oxygen atoms in total. The number of halogens is 3. The van der Waals surface area contributed by atoms with Gasteiger partial charge in [-0.1, -0.05) is 6.92 Å². The third-order valence-electron chi connectivity index (χ3n) is 2.52. The van der Waals surface area contributed by atoms with Gasteiger partial charge in [-0.3, -0.25) is 4.79 Å². The second kappa shape index (κ2) is 8.51. The zero-order valence-corrected chi connectivity index (χ0v) is 11.8. The van der Waals surface area contributed by atoms with Crippen molar-refractivity contribution in [3.63, 3.8) is 0 Å². The van der Waals surface area contributed by atoms with Crippen LogP contribution in [0.25, 0.3) is 0 Å². The molecule has 0 fully saturated rings. The van der Waals surface area contributed by atoms with Crippen molar-refractivity contribution in [2.45, 2.75) is 19.5 Å². The van der Waals surface area contributed by atoms with Crippen molar-refractivity contribution >= 4 is 11.6 Å². The molecule has 0 aromatic heterocycles. The summed E-state index contributed by atoms with van der Waals surface area (Å²) in [6.07, 6.45) is -3.34. The Morgan fingerprint density at radius 3 is 2.43 bits per heavy atom. The van der Waals surface area contributed by atoms with E-state index < -0.39 is 12.8 Å². The number of anilines is 1. The van der Waals surface area contributed by atoms with E-state index in [1.54, 1.807) is 24.3 Å². The molecule has 0 aliphatic rings. The number of nitrogens with one attached hydrogen (secondary N) is 2. The number of amides is 1. The molecule has 2 N–H and O–H groups in total. The molecule has 0 aliphatic carbocycles. The first kappa shape index (κ1) is 17.3. The van der Waals surface area contributed by atoms with Gasteiger partial charge in [-0.25, -0.2) is 0 Å². The average molecular weight is 304 g/mol. The van der Waals surface area contributed by atoms with Crippen molar-refractivity contribution in [1.29, 1.82) is 0 Å². The highest BCUT2D eigenvalue weighted by atomic mass is 19.4. The van der Waals surface area contributed by atoms with Crippen molar-refractivity contribution < 1.29 is 22.7 Å². The Hall–Kier alpha value is -1.76. The van der Waals surface area contributed by atoms with Gasteiger partial charge in [0.05, 0.1) is 6.61 Å². The van der Waals surface area contributed by atoms with Gasteiger partial charge in [-0.15, -0.1) is 0 Å². The predicted molar refractivity (Wildman–Crippen MR) is 74.4 cm³/mol. The Kier molecular flexibility index (Phi) is 7.01. The number of rotatable bonds is 8. The normalized spacial score (nSPS) is 11.2. The first-order valence-electron chi connectivity index (χ1n) is 6.69. The topological polar surface area (TPSA) is 50.4 Å². The molecule has 0 atom stereocenters. The average Bonchev–Trinajstić information content (AvgIpc) is 2.44. The Bertz CT molecular complexity index is 433. The number of carbonyl (C=O) groups excluding carboxylic acids is 1. The van der Waals surface area contributed by atoms with Crippen LogP contribution in [-0.2, 0) is 4.74 Å². The lowest BCUT2D eigenvalue weighted by Crippen LogP contribution is -2.28. The zero-order valence-electron chi connectivity index (χ0n) is 11.8. The Morgan fingerprint density at radius 2 is 1.86 bits per heavy atom. The van der Waals surface area contributed by atoms with Gasteiger partial charge in [0, 0.05) is 24.3 Å². The lowest BCUT2D eigenvalue weighted by atomic mass is 10.2. The Balaban J connectivity index is 2.28. The van der Waals surface area contributed by atoms with Crippen molar-refractivity contribution in [3.05, 3.63) is 29.8 Å². The SMILES string of the molecule is CCCNc1ccc(C(=O)NCCOCC(F)(F)F)cc1. The van der Waals surface area contributed by atoms with Crippen molar-refractivity contribution in [2.24, 2.45) is 0 Å². The lowest BCUT2D eigenvalue weighted by molar-refractivity contribution is -0.173. The molecule has 0 unspecified atom stereocenters. The van der Waals surface area contributed by atoms with E-state index in [0.717, 1.165) is 18.7 Å². The summed E-state index contributed by atoms with van der Waals surface area (Å²) in [6, 6.07) is 6.88. The first-order chi connectivity index (χ1) is 9.92. The van der Waals surface area contributed by atoms with Crippen molar-refractivity contribution in [3.8, 4) is 0 Å². The van der Waals surface area contributed by atoms with E-state index in [1.165, 1.54) is 0 Å². The van der Waals surface area contributed by atoms with Gasteiger partial charge in [0.25, 0.3) is 5.91 Å². The van der Waals surface area contributed by atoms with Crippen LogP contribution < -0.4 is 10.6 Å². The molecule has 1 rings (SSSR count). The Labute approximate surface area is 121 Å². The van der Waals surface area contributed by atoms with Gasteiger partial charge < -0.3 is 15.4 Å². The minimum atomic E-state index is -4.34. The molecule has 1 amide bonds. The van der Waals surface area contributed by atoms with E-state index in [4.69, 9.17) is 0 Å². The quantitative estimate of drug-likeness (QED) is 0.726. The van der Waals surface area contributed by atoms with E-state index in [-0.39, 0.29) is 19.1 Å². The highest BCUT2D eigenvalue weighted by molar-refractivity contribution is 5.94. The molecule has 0 spiro atoms. The predicted octanol–water partition coefficient (Wildman–Crippen LogP) is 2.82. The number of hydrogen-bond acceptors (Lipinski definition) is 3. The summed E-state index contributed by atoms with van der Waals surface area (Å²) in [5.74, 6) is -0.340. The second-order valence-electron chi connectivity index (χ2n) is 4.43. The van der Waals surface area contributed by atoms with Crippen LogP contribution in [-0.4, -0.2) is 38.4 Å². The first-order valence-corrected chi connectivity index (χ1v) is 6.69. The van der Waals surface area contributed by atoms with Gasteiger partial charge in [0.1, 0.15) is 6.61 Å². The molecule has 118 valence electrons. The van der Waals surface area contributed by atoms with Gasteiger partial charge in [0.15, 0.2) is 0 Å². The number of carbonyl (C=O) groups is 1. The van der Waals surface area contributed by atoms with Gasteiger partial charge >= 0.3 is 6.18 Å². The van der Waals surface area contributed by atoms with Crippen LogP contribution >= 0.6 is 0 Å². The highest BCUT2D eigenvalue weighted by Gasteiger charge is 2.27. The van der Waals surface area contributed by atoms with E-state index >= 15 is 0 Å². The summed E-state index contributed by atoms with van der Waals surface area (Å²) in [7, 11) is 0. The Morgan fingerprint density at radius 1 is 1.19 bits per heavy atom. The molecule has 1 aromatic carbocycles. The van der Waals surface area contributed by atoms with Crippen LogP contribution in [0.5, 0.6) is 0 Å². The summed E-state index contributed by atoms with van der Waals surface area (Å²) < 4.78 is 39.8. The molecular formula is C14H19F3N2O2. The van der Waals surface area contributed by atoms with Gasteiger partial charge in [0.2, 0.25) is 0 Å². The van der Waals surface area contributed by atoms with Crippen molar-refractivity contribution in [2.75, 3.05) is 31.6 Å². The lowest BCUT2D eigenvalue weighted by Gasteiger charge is -2.09. The van der Waals surface area contributed by atoms with Crippen LogP contribution in [0.15, 0.2) is 24.3 Å². The summed E-state index contributed by atoms with van der Waals surface area (Å²) >= 11 is 0. The number of benzene rings is 1. The number of hydrogen-bond donors (Lipinski definition) is 2. The number of alkyl halides is 3. The van der Waals surface area contributed by atoms with Crippen LogP contribution in [0.4, 0.5) is 18.9 Å². The summed E-state index contributed by atoms with van der Waals surface area (Å²) in [6.45, 7) is 1.45. The maximum Gasteiger partial charge on any atom is 0.411 e. The third kappa shape index (κ3) is 7.55. The van der Waals surface area contributed by atoms with E-state index in [1.807, 2.05) is 0 Å². The maximum atomic E-state index is 11.8. The van der Waals surface area contributed by atoms with E-state index in [2.05, 4.69) is 22.3 Å². The van der Waals surface area contributed by atoms with Gasteiger partial charge in [-0.2, -0.15) is 13.2 Å².